The van der Waals surface area contributed by atoms with Crippen LogP contribution in [0.15, 0.2) is 23.0 Å². The first-order valence-corrected chi connectivity index (χ1v) is 5.54. The van der Waals surface area contributed by atoms with Gasteiger partial charge < -0.3 is 0 Å². The van der Waals surface area contributed by atoms with Gasteiger partial charge in [-0.15, -0.1) is 5.92 Å². The molecule has 0 aliphatic rings. The van der Waals surface area contributed by atoms with Crippen molar-refractivity contribution in [2.24, 2.45) is 0 Å². The Balaban J connectivity index is 2.66. The molecule has 1 aromatic carbocycles. The van der Waals surface area contributed by atoms with Gasteiger partial charge in [0.2, 0.25) is 0 Å². The van der Waals surface area contributed by atoms with Crippen molar-refractivity contribution in [3.63, 3.8) is 0 Å². The SMILES string of the molecule is CC#Cc1cccc(-n2nn[nH]c2=O)c1I. The highest BCUT2D eigenvalue weighted by Crippen LogP contribution is 2.18. The quantitative estimate of drug-likeness (QED) is 0.626. The monoisotopic (exact) mass is 326 g/mol. The highest BCUT2D eigenvalue weighted by atomic mass is 127. The standard InChI is InChI=1S/C10H7IN4O/c1-2-4-7-5-3-6-8(9(7)11)15-10(16)12-13-14-15/h3,5-6H,1H3,(H,12,14,16). The number of aromatic amines is 1. The largest absolute Gasteiger partial charge is 0.365 e. The molecule has 6 heteroatoms. The molecule has 0 aliphatic heterocycles. The predicted octanol–water partition coefficient (Wildman–Crippen LogP) is 0.932. The number of nitrogens with one attached hydrogen (secondary N) is 1. The fourth-order valence-corrected chi connectivity index (χ4v) is 1.99. The van der Waals surface area contributed by atoms with Gasteiger partial charge >= 0.3 is 5.69 Å². The minimum atomic E-state index is -0.362. The van der Waals surface area contributed by atoms with Crippen LogP contribution in [0.25, 0.3) is 5.69 Å². The molecule has 0 fully saturated rings. The first-order chi connectivity index (χ1) is 7.74. The molecule has 0 unspecified atom stereocenters. The highest BCUT2D eigenvalue weighted by Gasteiger charge is 2.09. The van der Waals surface area contributed by atoms with Gasteiger partial charge in [0.25, 0.3) is 0 Å². The van der Waals surface area contributed by atoms with Gasteiger partial charge in [-0.05, 0) is 52.1 Å². The van der Waals surface area contributed by atoms with Crippen LogP contribution in [0.2, 0.25) is 0 Å². The van der Waals surface area contributed by atoms with Crippen molar-refractivity contribution in [2.75, 3.05) is 0 Å². The predicted molar refractivity (Wildman–Crippen MR) is 67.2 cm³/mol. The van der Waals surface area contributed by atoms with Crippen molar-refractivity contribution in [3.05, 3.63) is 37.8 Å². The summed E-state index contributed by atoms with van der Waals surface area (Å²) in [5.74, 6) is 5.79. The molecule has 0 aliphatic carbocycles. The molecule has 16 heavy (non-hydrogen) atoms. The summed E-state index contributed by atoms with van der Waals surface area (Å²) in [4.78, 5) is 11.4. The lowest BCUT2D eigenvalue weighted by Crippen LogP contribution is -2.17. The van der Waals surface area contributed by atoms with Crippen molar-refractivity contribution >= 4 is 22.6 Å². The van der Waals surface area contributed by atoms with Crippen molar-refractivity contribution < 1.29 is 0 Å². The Morgan fingerprint density at radius 3 is 2.94 bits per heavy atom. The number of aromatic nitrogens is 4. The molecule has 0 saturated carbocycles. The Hall–Kier alpha value is -1.62. The van der Waals surface area contributed by atoms with Crippen LogP contribution in [0, 0.1) is 15.4 Å². The topological polar surface area (TPSA) is 63.6 Å². The number of H-pyrrole nitrogens is 1. The summed E-state index contributed by atoms with van der Waals surface area (Å²) in [6.07, 6.45) is 0. The number of hydrogen-bond acceptors (Lipinski definition) is 3. The summed E-state index contributed by atoms with van der Waals surface area (Å²) in [7, 11) is 0. The Bertz CT molecular complexity index is 632. The fourth-order valence-electron chi connectivity index (χ4n) is 1.27. The molecule has 80 valence electrons. The van der Waals surface area contributed by atoms with Crippen LogP contribution in [-0.4, -0.2) is 20.2 Å². The Labute approximate surface area is 105 Å². The number of hydrogen-bond donors (Lipinski definition) is 1. The van der Waals surface area contributed by atoms with Crippen LogP contribution in [0.3, 0.4) is 0 Å². The van der Waals surface area contributed by atoms with E-state index < -0.39 is 0 Å². The third kappa shape index (κ3) is 1.86. The van der Waals surface area contributed by atoms with Gasteiger partial charge in [0, 0.05) is 5.56 Å². The summed E-state index contributed by atoms with van der Waals surface area (Å²) in [6, 6.07) is 5.53. The summed E-state index contributed by atoms with van der Waals surface area (Å²) in [5, 5.41) is 9.40. The van der Waals surface area contributed by atoms with E-state index in [-0.39, 0.29) is 5.69 Å². The lowest BCUT2D eigenvalue weighted by molar-refractivity contribution is 0.776. The van der Waals surface area contributed by atoms with E-state index >= 15 is 0 Å². The van der Waals surface area contributed by atoms with Crippen LogP contribution in [0.4, 0.5) is 0 Å². The molecule has 0 saturated heterocycles. The molecule has 0 radical (unpaired) electrons. The fraction of sp³-hybridized carbons (Fsp3) is 0.100. The van der Waals surface area contributed by atoms with Gasteiger partial charge in [-0.25, -0.2) is 9.89 Å². The van der Waals surface area contributed by atoms with E-state index in [4.69, 9.17) is 0 Å². The lowest BCUT2D eigenvalue weighted by atomic mass is 10.2. The summed E-state index contributed by atoms with van der Waals surface area (Å²) < 4.78 is 2.09. The van der Waals surface area contributed by atoms with Crippen molar-refractivity contribution in [3.8, 4) is 17.5 Å². The van der Waals surface area contributed by atoms with Crippen LogP contribution in [-0.2, 0) is 0 Å². The van der Waals surface area contributed by atoms with Crippen molar-refractivity contribution in [1.82, 2.24) is 20.2 Å². The average Bonchev–Trinajstić information content (AvgIpc) is 2.68. The van der Waals surface area contributed by atoms with E-state index in [2.05, 4.69) is 50.0 Å². The van der Waals surface area contributed by atoms with E-state index in [9.17, 15) is 4.79 Å². The molecule has 2 rings (SSSR count). The molecular weight excluding hydrogens is 319 g/mol. The number of rotatable bonds is 1. The lowest BCUT2D eigenvalue weighted by Gasteiger charge is -2.03. The Morgan fingerprint density at radius 1 is 1.50 bits per heavy atom. The normalized spacial score (nSPS) is 9.62. The van der Waals surface area contributed by atoms with E-state index in [0.29, 0.717) is 5.69 Å². The van der Waals surface area contributed by atoms with E-state index in [1.807, 2.05) is 12.1 Å². The third-order valence-electron chi connectivity index (χ3n) is 1.94. The Morgan fingerprint density at radius 2 is 2.31 bits per heavy atom. The zero-order chi connectivity index (χ0) is 11.5. The zero-order valence-electron chi connectivity index (χ0n) is 8.36. The minimum Gasteiger partial charge on any atom is -0.244 e. The van der Waals surface area contributed by atoms with Crippen molar-refractivity contribution in [1.29, 1.82) is 0 Å². The van der Waals surface area contributed by atoms with Gasteiger partial charge in [-0.3, -0.25) is 0 Å². The van der Waals surface area contributed by atoms with E-state index in [1.165, 1.54) is 4.68 Å². The van der Waals surface area contributed by atoms with E-state index in [0.717, 1.165) is 9.13 Å². The molecule has 1 heterocycles. The summed E-state index contributed by atoms with van der Waals surface area (Å²) in [6.45, 7) is 1.77. The molecular formula is C10H7IN4O. The van der Waals surface area contributed by atoms with Gasteiger partial charge in [0.05, 0.1) is 9.26 Å². The Kier molecular flexibility index (Phi) is 3.05. The maximum atomic E-state index is 11.4. The van der Waals surface area contributed by atoms with Gasteiger partial charge in [0.15, 0.2) is 0 Å². The summed E-state index contributed by atoms with van der Waals surface area (Å²) >= 11 is 2.14. The molecule has 1 aromatic heterocycles. The van der Waals surface area contributed by atoms with Crippen LogP contribution in [0.1, 0.15) is 12.5 Å². The second kappa shape index (κ2) is 4.49. The molecule has 0 spiro atoms. The third-order valence-corrected chi connectivity index (χ3v) is 3.07. The number of halogens is 1. The smallest absolute Gasteiger partial charge is 0.244 e. The second-order valence-electron chi connectivity index (χ2n) is 2.93. The number of benzene rings is 1. The average molecular weight is 326 g/mol. The molecule has 2 aromatic rings. The zero-order valence-corrected chi connectivity index (χ0v) is 10.5. The maximum absolute atomic E-state index is 11.4. The van der Waals surface area contributed by atoms with Gasteiger partial charge in [-0.2, -0.15) is 4.68 Å². The molecule has 5 nitrogen and oxygen atoms in total. The number of tetrazole rings is 1. The van der Waals surface area contributed by atoms with Crippen LogP contribution >= 0.6 is 22.6 Å². The highest BCUT2D eigenvalue weighted by molar-refractivity contribution is 14.1. The van der Waals surface area contributed by atoms with Crippen molar-refractivity contribution in [2.45, 2.75) is 6.92 Å². The van der Waals surface area contributed by atoms with Crippen LogP contribution in [0.5, 0.6) is 0 Å². The maximum Gasteiger partial charge on any atom is 0.365 e. The van der Waals surface area contributed by atoms with Gasteiger partial charge in [0.1, 0.15) is 0 Å². The first-order valence-electron chi connectivity index (χ1n) is 4.46. The first kappa shape index (κ1) is 10.9. The number of nitrogens with zero attached hydrogens (tertiary/aromatic N) is 3. The molecule has 1 N–H and O–H groups in total. The van der Waals surface area contributed by atoms with E-state index in [1.54, 1.807) is 13.0 Å². The molecule has 0 amide bonds. The molecule has 0 atom stereocenters. The van der Waals surface area contributed by atoms with Crippen LogP contribution < -0.4 is 5.69 Å². The van der Waals surface area contributed by atoms with Gasteiger partial charge in [-0.1, -0.05) is 12.0 Å². The second-order valence-corrected chi connectivity index (χ2v) is 4.01. The summed E-state index contributed by atoms with van der Waals surface area (Å²) in [5.41, 5.74) is 1.19. The minimum absolute atomic E-state index is 0.362. The molecule has 0 bridgehead atoms.